The van der Waals surface area contributed by atoms with Crippen molar-refractivity contribution in [3.05, 3.63) is 35.9 Å². The summed E-state index contributed by atoms with van der Waals surface area (Å²) in [6, 6.07) is 10.7. The normalized spacial score (nSPS) is 11.4. The lowest BCUT2D eigenvalue weighted by atomic mass is 10.0. The summed E-state index contributed by atoms with van der Waals surface area (Å²) in [5.74, 6) is 0. The van der Waals surface area contributed by atoms with E-state index in [0.29, 0.717) is 4.28 Å². The average molecular weight is 150 g/mol. The summed E-state index contributed by atoms with van der Waals surface area (Å²) in [6.45, 7) is 4.57. The Labute approximate surface area is 72.2 Å². The Morgan fingerprint density at radius 2 is 1.70 bits per heavy atom. The molecular weight excluding hydrogens is 135 g/mol. The topological polar surface area (TPSA) is 0 Å². The highest BCUT2D eigenvalue weighted by Gasteiger charge is 2.11. The van der Waals surface area contributed by atoms with Crippen LogP contribution in [0, 0.1) is 0 Å². The molecular formula is C9H15Al. The molecule has 0 nitrogen and oxygen atoms in total. The molecule has 0 atom stereocenters. The summed E-state index contributed by atoms with van der Waals surface area (Å²) < 4.78 is 0.432. The van der Waals surface area contributed by atoms with E-state index in [1.165, 1.54) is 21.9 Å². The Hall–Kier alpha value is -0.248. The second-order valence-corrected chi connectivity index (χ2v) is 6.12. The molecule has 0 fully saturated rings. The second-order valence-electron chi connectivity index (χ2n) is 3.62. The molecule has 0 saturated heterocycles. The molecule has 0 aliphatic rings. The fraction of sp³-hybridized carbons (Fsp3) is 0.333. The molecule has 0 unspecified atom stereocenters. The summed E-state index contributed by atoms with van der Waals surface area (Å²) in [5.41, 5.74) is 1.46. The highest BCUT2D eigenvalue weighted by molar-refractivity contribution is 6.15. The molecule has 54 valence electrons. The zero-order valence-electron chi connectivity index (χ0n) is 6.89. The lowest BCUT2D eigenvalue weighted by molar-refractivity contribution is 0.764. The van der Waals surface area contributed by atoms with E-state index in [4.69, 9.17) is 0 Å². The third kappa shape index (κ3) is 1.87. The van der Waals surface area contributed by atoms with E-state index in [-0.39, 0.29) is 1.43 Å². The first kappa shape index (κ1) is 7.86. The minimum absolute atomic E-state index is 0. The zero-order valence-corrected chi connectivity index (χ0v) is 8.89. The van der Waals surface area contributed by atoms with Gasteiger partial charge in [-0.05, 0) is 0 Å². The first-order valence-electron chi connectivity index (χ1n) is 3.66. The van der Waals surface area contributed by atoms with Gasteiger partial charge >= 0.3 is 0 Å². The van der Waals surface area contributed by atoms with Gasteiger partial charge in [-0.1, -0.05) is 54.0 Å². The predicted octanol–water partition coefficient (Wildman–Crippen LogP) is 1.80. The predicted molar refractivity (Wildman–Crippen MR) is 50.1 cm³/mol. The quantitative estimate of drug-likeness (QED) is 0.535. The molecule has 0 radical (unpaired) electrons. The zero-order chi connectivity index (χ0) is 7.61. The highest BCUT2D eigenvalue weighted by Crippen LogP contribution is 2.17. The number of rotatable bonds is 1. The molecule has 0 spiro atoms. The van der Waals surface area contributed by atoms with Gasteiger partial charge in [-0.15, -0.1) is 0 Å². The van der Waals surface area contributed by atoms with Crippen molar-refractivity contribution in [3.8, 4) is 0 Å². The molecule has 0 saturated carbocycles. The molecule has 0 heterocycles. The molecule has 1 heteroatoms. The molecule has 0 bridgehead atoms. The van der Waals surface area contributed by atoms with Crippen LogP contribution >= 0.6 is 0 Å². The van der Waals surface area contributed by atoms with Crippen molar-refractivity contribution in [2.24, 2.45) is 0 Å². The number of hydrogen-bond acceptors (Lipinski definition) is 0. The minimum atomic E-state index is 0. The van der Waals surface area contributed by atoms with E-state index in [2.05, 4.69) is 44.2 Å². The van der Waals surface area contributed by atoms with Gasteiger partial charge in [0.25, 0.3) is 0 Å². The van der Waals surface area contributed by atoms with E-state index in [1.807, 2.05) is 0 Å². The molecule has 0 aromatic heterocycles. The smallest absolute Gasteiger partial charge is 0.0688 e. The van der Waals surface area contributed by atoms with Gasteiger partial charge in [-0.25, -0.2) is 0 Å². The van der Waals surface area contributed by atoms with Crippen molar-refractivity contribution in [2.75, 3.05) is 0 Å². The van der Waals surface area contributed by atoms with Gasteiger partial charge in [-0.2, -0.15) is 0 Å². The van der Waals surface area contributed by atoms with Crippen molar-refractivity contribution < 1.29 is 1.43 Å². The molecule has 0 amide bonds. The average Bonchev–Trinajstić information content (AvgIpc) is 1.88. The van der Waals surface area contributed by atoms with E-state index in [9.17, 15) is 0 Å². The third-order valence-corrected chi connectivity index (χ3v) is 2.22. The van der Waals surface area contributed by atoms with Crippen LogP contribution in [-0.4, -0.2) is 16.3 Å². The Morgan fingerprint density at radius 3 is 2.00 bits per heavy atom. The van der Waals surface area contributed by atoms with Crippen LogP contribution in [0.2, 0.25) is 0 Å². The van der Waals surface area contributed by atoms with Gasteiger partial charge in [0.2, 0.25) is 16.3 Å². The van der Waals surface area contributed by atoms with Crippen molar-refractivity contribution in [1.29, 1.82) is 0 Å². The molecule has 1 rings (SSSR count). The fourth-order valence-corrected chi connectivity index (χ4v) is 1.27. The highest BCUT2D eigenvalue weighted by atomic mass is 27.0. The number of benzene rings is 1. The monoisotopic (exact) mass is 150 g/mol. The standard InChI is InChI=1S/C9H11.Al.H2.2H/c1-8(2)9-6-4-3-5-7-9;;;;/h3-7H,1-2H3;;1H;;. The number of hydrogen-bond donors (Lipinski definition) is 0. The van der Waals surface area contributed by atoms with Crippen LogP contribution in [0.5, 0.6) is 0 Å². The maximum Gasteiger partial charge on any atom is 0.227 e. The second kappa shape index (κ2) is 2.78. The Balaban J connectivity index is 0.000001000. The Bertz CT molecular complexity index is 201. The summed E-state index contributed by atoms with van der Waals surface area (Å²) >= 11 is 1.22. The van der Waals surface area contributed by atoms with E-state index >= 15 is 0 Å². The maximum atomic E-state index is 2.29. The molecule has 0 aliphatic carbocycles. The van der Waals surface area contributed by atoms with Gasteiger partial charge < -0.3 is 0 Å². The molecule has 1 aromatic rings. The van der Waals surface area contributed by atoms with Gasteiger partial charge in [0, 0.05) is 1.43 Å². The third-order valence-electron chi connectivity index (χ3n) is 1.64. The van der Waals surface area contributed by atoms with Crippen LogP contribution < -0.4 is 0 Å². The van der Waals surface area contributed by atoms with Crippen LogP contribution in [0.1, 0.15) is 20.8 Å². The summed E-state index contributed by atoms with van der Waals surface area (Å²) in [6.07, 6.45) is 0. The first-order valence-corrected chi connectivity index (χ1v) is 4.66. The van der Waals surface area contributed by atoms with Crippen molar-refractivity contribution in [1.82, 2.24) is 0 Å². The fourth-order valence-electron chi connectivity index (χ4n) is 0.938. The first-order chi connectivity index (χ1) is 4.61. The van der Waals surface area contributed by atoms with Gasteiger partial charge in [0.15, 0.2) is 0 Å². The van der Waals surface area contributed by atoms with Crippen molar-refractivity contribution in [3.63, 3.8) is 0 Å². The van der Waals surface area contributed by atoms with Crippen molar-refractivity contribution >= 4 is 16.3 Å². The molecule has 1 aromatic carbocycles. The maximum absolute atomic E-state index is 2.29. The SMILES string of the molecule is C[C](C)([AlH2])c1ccccc1.[HH]. The molecule has 0 N–H and O–H groups in total. The van der Waals surface area contributed by atoms with Crippen LogP contribution in [0.3, 0.4) is 0 Å². The molecule has 0 aliphatic heterocycles. The van der Waals surface area contributed by atoms with Crippen molar-refractivity contribution in [2.45, 2.75) is 18.1 Å². The van der Waals surface area contributed by atoms with Crippen LogP contribution in [0.15, 0.2) is 30.3 Å². The van der Waals surface area contributed by atoms with E-state index in [1.54, 1.807) is 0 Å². The lowest BCUT2D eigenvalue weighted by Gasteiger charge is -2.18. The Morgan fingerprint density at radius 1 is 1.20 bits per heavy atom. The van der Waals surface area contributed by atoms with E-state index in [0.717, 1.165) is 0 Å². The molecule has 10 heavy (non-hydrogen) atoms. The van der Waals surface area contributed by atoms with Gasteiger partial charge in [0.05, 0.1) is 0 Å². The van der Waals surface area contributed by atoms with Crippen LogP contribution in [-0.2, 0) is 4.28 Å². The summed E-state index contributed by atoms with van der Waals surface area (Å²) in [4.78, 5) is 0. The van der Waals surface area contributed by atoms with Gasteiger partial charge in [-0.3, -0.25) is 0 Å². The largest absolute Gasteiger partial charge is 0.227 e. The minimum Gasteiger partial charge on any atom is -0.0688 e. The van der Waals surface area contributed by atoms with Gasteiger partial charge in [0.1, 0.15) is 0 Å². The lowest BCUT2D eigenvalue weighted by Crippen LogP contribution is -2.15. The Kier molecular flexibility index (Phi) is 2.18. The van der Waals surface area contributed by atoms with E-state index < -0.39 is 0 Å². The summed E-state index contributed by atoms with van der Waals surface area (Å²) in [5, 5.41) is 0. The van der Waals surface area contributed by atoms with Crippen LogP contribution in [0.25, 0.3) is 0 Å². The van der Waals surface area contributed by atoms with Crippen LogP contribution in [0.4, 0.5) is 0 Å². The summed E-state index contributed by atoms with van der Waals surface area (Å²) in [7, 11) is 0.